The summed E-state index contributed by atoms with van der Waals surface area (Å²) in [6.07, 6.45) is 2.68. The molecule has 1 saturated heterocycles. The molecule has 0 spiro atoms. The van der Waals surface area contributed by atoms with Crippen molar-refractivity contribution >= 4 is 11.8 Å². The highest BCUT2D eigenvalue weighted by Crippen LogP contribution is 2.30. The van der Waals surface area contributed by atoms with Crippen LogP contribution in [-0.4, -0.2) is 62.7 Å². The third-order valence-corrected chi connectivity index (χ3v) is 3.58. The number of piperazine rings is 1. The molecule has 1 aliphatic carbocycles. The number of nitrogens with one attached hydrogen (secondary N) is 2. The van der Waals surface area contributed by atoms with E-state index in [0.29, 0.717) is 19.1 Å². The Kier molecular flexibility index (Phi) is 5.15. The summed E-state index contributed by atoms with van der Waals surface area (Å²) in [6, 6.07) is -0.366. The van der Waals surface area contributed by atoms with Crippen LogP contribution in [0.1, 0.15) is 19.3 Å². The molecule has 2 rings (SSSR count). The first-order chi connectivity index (χ1) is 9.20. The Morgan fingerprint density at radius 1 is 1.53 bits per heavy atom. The maximum absolute atomic E-state index is 12.2. The van der Waals surface area contributed by atoms with Gasteiger partial charge in [-0.2, -0.15) is 0 Å². The number of rotatable bonds is 7. The van der Waals surface area contributed by atoms with Gasteiger partial charge in [0.2, 0.25) is 11.8 Å². The van der Waals surface area contributed by atoms with E-state index < -0.39 is 0 Å². The molecule has 2 aliphatic rings. The van der Waals surface area contributed by atoms with Crippen LogP contribution in [0.25, 0.3) is 0 Å². The fraction of sp³-hybridized carbons (Fsp3) is 0.846. The first kappa shape index (κ1) is 14.3. The topological polar surface area (TPSA) is 70.7 Å². The molecule has 19 heavy (non-hydrogen) atoms. The first-order valence-corrected chi connectivity index (χ1v) is 6.98. The van der Waals surface area contributed by atoms with E-state index in [1.54, 1.807) is 7.11 Å². The Bertz CT molecular complexity index is 331. The zero-order chi connectivity index (χ0) is 13.7. The lowest BCUT2D eigenvalue weighted by atomic mass is 10.1. The summed E-state index contributed by atoms with van der Waals surface area (Å²) in [5.74, 6) is 0.662. The van der Waals surface area contributed by atoms with E-state index in [-0.39, 0.29) is 24.3 Å². The quantitative estimate of drug-likeness (QED) is 0.603. The number of amides is 2. The van der Waals surface area contributed by atoms with Crippen LogP contribution < -0.4 is 10.6 Å². The highest BCUT2D eigenvalue weighted by molar-refractivity contribution is 5.88. The van der Waals surface area contributed by atoms with Crippen molar-refractivity contribution in [3.63, 3.8) is 0 Å². The molecule has 0 aromatic carbocycles. The Labute approximate surface area is 113 Å². The second kappa shape index (κ2) is 6.86. The summed E-state index contributed by atoms with van der Waals surface area (Å²) in [4.78, 5) is 25.8. The maximum atomic E-state index is 12.2. The van der Waals surface area contributed by atoms with Crippen LogP contribution in [0.3, 0.4) is 0 Å². The predicted molar refractivity (Wildman–Crippen MR) is 70.6 cm³/mol. The van der Waals surface area contributed by atoms with Gasteiger partial charge in [0.25, 0.3) is 0 Å². The molecule has 1 aliphatic heterocycles. The zero-order valence-corrected chi connectivity index (χ0v) is 11.5. The normalized spacial score (nSPS) is 23.5. The van der Waals surface area contributed by atoms with Gasteiger partial charge in [-0.3, -0.25) is 9.59 Å². The monoisotopic (exact) mass is 269 g/mol. The summed E-state index contributed by atoms with van der Waals surface area (Å²) in [5, 5.41) is 5.88. The van der Waals surface area contributed by atoms with Gasteiger partial charge in [0.05, 0.1) is 19.1 Å². The van der Waals surface area contributed by atoms with Crippen molar-refractivity contribution in [3.05, 3.63) is 0 Å². The third-order valence-electron chi connectivity index (χ3n) is 3.58. The van der Waals surface area contributed by atoms with Crippen molar-refractivity contribution in [1.82, 2.24) is 15.5 Å². The minimum Gasteiger partial charge on any atom is -0.383 e. The predicted octanol–water partition coefficient (Wildman–Crippen LogP) is -0.650. The van der Waals surface area contributed by atoms with E-state index in [9.17, 15) is 9.59 Å². The molecule has 2 amide bonds. The largest absolute Gasteiger partial charge is 0.383 e. The van der Waals surface area contributed by atoms with Gasteiger partial charge in [-0.1, -0.05) is 0 Å². The SMILES string of the molecule is COCCNC(=O)CC1NCCN(CC2CC2)C1=O. The standard InChI is InChI=1S/C13H23N3O3/c1-19-7-5-15-12(17)8-11-13(18)16(6-4-14-11)9-10-2-3-10/h10-11,14H,2-9H2,1H3,(H,15,17). The average molecular weight is 269 g/mol. The van der Waals surface area contributed by atoms with Gasteiger partial charge in [-0.25, -0.2) is 0 Å². The van der Waals surface area contributed by atoms with Crippen LogP contribution >= 0.6 is 0 Å². The van der Waals surface area contributed by atoms with E-state index in [1.165, 1.54) is 12.8 Å². The molecule has 1 atom stereocenters. The van der Waals surface area contributed by atoms with Crippen molar-refractivity contribution in [3.8, 4) is 0 Å². The smallest absolute Gasteiger partial charge is 0.240 e. The van der Waals surface area contributed by atoms with Gasteiger partial charge in [0.1, 0.15) is 0 Å². The number of ether oxygens (including phenoxy) is 1. The molecule has 0 bridgehead atoms. The summed E-state index contributed by atoms with van der Waals surface area (Å²) in [7, 11) is 1.59. The van der Waals surface area contributed by atoms with Crippen LogP contribution in [0.4, 0.5) is 0 Å². The van der Waals surface area contributed by atoms with Crippen molar-refractivity contribution in [2.24, 2.45) is 5.92 Å². The number of carbonyl (C=O) groups excluding carboxylic acids is 2. The molecule has 1 unspecified atom stereocenters. The van der Waals surface area contributed by atoms with E-state index in [0.717, 1.165) is 19.6 Å². The fourth-order valence-electron chi connectivity index (χ4n) is 2.29. The molecular formula is C13H23N3O3. The van der Waals surface area contributed by atoms with Gasteiger partial charge in [0, 0.05) is 33.3 Å². The van der Waals surface area contributed by atoms with Gasteiger partial charge in [-0.05, 0) is 18.8 Å². The molecule has 6 heteroatoms. The summed E-state index contributed by atoms with van der Waals surface area (Å²) in [5.41, 5.74) is 0. The lowest BCUT2D eigenvalue weighted by Crippen LogP contribution is -2.56. The van der Waals surface area contributed by atoms with E-state index in [2.05, 4.69) is 10.6 Å². The Hall–Kier alpha value is -1.14. The van der Waals surface area contributed by atoms with Gasteiger partial charge >= 0.3 is 0 Å². The minimum absolute atomic E-state index is 0.0695. The number of hydrogen-bond acceptors (Lipinski definition) is 4. The van der Waals surface area contributed by atoms with Crippen molar-refractivity contribution in [1.29, 1.82) is 0 Å². The molecule has 6 nitrogen and oxygen atoms in total. The molecule has 0 aromatic heterocycles. The first-order valence-electron chi connectivity index (χ1n) is 6.98. The van der Waals surface area contributed by atoms with Gasteiger partial charge in [0.15, 0.2) is 0 Å². The van der Waals surface area contributed by atoms with Crippen molar-refractivity contribution in [2.75, 3.05) is 39.9 Å². The fourth-order valence-corrected chi connectivity index (χ4v) is 2.29. The molecule has 0 aromatic rings. The van der Waals surface area contributed by atoms with Crippen LogP contribution in [0.5, 0.6) is 0 Å². The summed E-state index contributed by atoms with van der Waals surface area (Å²) >= 11 is 0. The number of hydrogen-bond donors (Lipinski definition) is 2. The van der Waals surface area contributed by atoms with Crippen LogP contribution in [0.15, 0.2) is 0 Å². The van der Waals surface area contributed by atoms with Crippen molar-refractivity contribution in [2.45, 2.75) is 25.3 Å². The minimum atomic E-state index is -0.366. The second-order valence-electron chi connectivity index (χ2n) is 5.28. The molecule has 1 saturated carbocycles. The molecule has 108 valence electrons. The molecular weight excluding hydrogens is 246 g/mol. The number of carbonyl (C=O) groups is 2. The lowest BCUT2D eigenvalue weighted by molar-refractivity contribution is -0.138. The van der Waals surface area contributed by atoms with Gasteiger partial charge < -0.3 is 20.3 Å². The van der Waals surface area contributed by atoms with E-state index >= 15 is 0 Å². The van der Waals surface area contributed by atoms with Crippen LogP contribution in [0, 0.1) is 5.92 Å². The third kappa shape index (κ3) is 4.47. The molecule has 2 N–H and O–H groups in total. The summed E-state index contributed by atoms with van der Waals surface area (Å²) in [6.45, 7) is 3.38. The lowest BCUT2D eigenvalue weighted by Gasteiger charge is -2.33. The Morgan fingerprint density at radius 2 is 2.32 bits per heavy atom. The highest BCUT2D eigenvalue weighted by atomic mass is 16.5. The summed E-state index contributed by atoms with van der Waals surface area (Å²) < 4.78 is 4.87. The zero-order valence-electron chi connectivity index (χ0n) is 11.5. The van der Waals surface area contributed by atoms with Crippen LogP contribution in [-0.2, 0) is 14.3 Å². The van der Waals surface area contributed by atoms with Crippen molar-refractivity contribution < 1.29 is 14.3 Å². The molecule has 2 fully saturated rings. The maximum Gasteiger partial charge on any atom is 0.240 e. The number of methoxy groups -OCH3 is 1. The Morgan fingerprint density at radius 3 is 3.00 bits per heavy atom. The van der Waals surface area contributed by atoms with Gasteiger partial charge in [-0.15, -0.1) is 0 Å². The second-order valence-corrected chi connectivity index (χ2v) is 5.28. The highest BCUT2D eigenvalue weighted by Gasteiger charge is 2.33. The van der Waals surface area contributed by atoms with E-state index in [4.69, 9.17) is 4.74 Å². The average Bonchev–Trinajstić information content (AvgIpc) is 3.19. The molecule has 1 heterocycles. The van der Waals surface area contributed by atoms with E-state index in [1.807, 2.05) is 4.90 Å². The Balaban J connectivity index is 1.75. The molecule has 0 radical (unpaired) electrons. The number of nitrogens with zero attached hydrogens (tertiary/aromatic N) is 1. The van der Waals surface area contributed by atoms with Crippen LogP contribution in [0.2, 0.25) is 0 Å².